The number of ether oxygens (including phenoxy) is 1. The second kappa shape index (κ2) is 10.9. The van der Waals surface area contributed by atoms with Gasteiger partial charge in [0.1, 0.15) is 12.4 Å². The van der Waals surface area contributed by atoms with Crippen molar-refractivity contribution in [2.24, 2.45) is 5.92 Å². The predicted octanol–water partition coefficient (Wildman–Crippen LogP) is 6.22. The fourth-order valence-electron chi connectivity index (χ4n) is 5.14. The number of nitrogens with one attached hydrogen (secondary N) is 1. The molecule has 0 spiro atoms. The number of allylic oxidation sites excluding steroid dienone is 3. The lowest BCUT2D eigenvalue weighted by molar-refractivity contribution is -0.183. The minimum atomic E-state index is -4.20. The van der Waals surface area contributed by atoms with Crippen LogP contribution in [0.5, 0.6) is 5.75 Å². The quantitative estimate of drug-likeness (QED) is 0.521. The molecule has 5 rings (SSSR count). The van der Waals surface area contributed by atoms with Gasteiger partial charge in [-0.3, -0.25) is 0 Å². The van der Waals surface area contributed by atoms with Crippen LogP contribution in [0, 0.1) is 5.92 Å². The fraction of sp³-hybridized carbons (Fsp3) is 0.414. The molecule has 3 aliphatic heterocycles. The van der Waals surface area contributed by atoms with Gasteiger partial charge < -0.3 is 19.9 Å². The number of likely N-dealkylation sites (tertiary alicyclic amines) is 1. The van der Waals surface area contributed by atoms with Gasteiger partial charge in [-0.2, -0.15) is 13.2 Å². The number of fused-ring (bicyclic) bond motifs is 1. The number of halogens is 3. The van der Waals surface area contributed by atoms with E-state index in [0.29, 0.717) is 19.7 Å². The zero-order valence-electron chi connectivity index (χ0n) is 20.8. The summed E-state index contributed by atoms with van der Waals surface area (Å²) in [7, 11) is 0. The van der Waals surface area contributed by atoms with Crippen molar-refractivity contribution in [3.8, 4) is 16.9 Å². The van der Waals surface area contributed by atoms with E-state index in [-0.39, 0.29) is 32.0 Å². The van der Waals surface area contributed by atoms with Crippen molar-refractivity contribution in [2.45, 2.75) is 38.4 Å². The molecule has 1 saturated heterocycles. The Morgan fingerprint density at radius 2 is 1.68 bits per heavy atom. The summed E-state index contributed by atoms with van der Waals surface area (Å²) in [5, 5.41) is 3.49. The van der Waals surface area contributed by atoms with Gasteiger partial charge in [-0.05, 0) is 60.6 Å². The maximum Gasteiger partial charge on any atom is 0.391 e. The van der Waals surface area contributed by atoms with Crippen LogP contribution in [0.3, 0.4) is 0 Å². The van der Waals surface area contributed by atoms with Crippen LogP contribution >= 0.6 is 0 Å². The van der Waals surface area contributed by atoms with Crippen molar-refractivity contribution < 1.29 is 22.7 Å². The van der Waals surface area contributed by atoms with Crippen molar-refractivity contribution in [3.05, 3.63) is 71.8 Å². The van der Waals surface area contributed by atoms with Crippen LogP contribution in [0.2, 0.25) is 0 Å². The Bertz CT molecular complexity index is 1170. The topological polar surface area (TPSA) is 44.8 Å². The van der Waals surface area contributed by atoms with Crippen molar-refractivity contribution in [2.75, 3.05) is 32.8 Å². The number of piperidine rings is 1. The van der Waals surface area contributed by atoms with Gasteiger partial charge in [-0.15, -0.1) is 0 Å². The zero-order valence-corrected chi connectivity index (χ0v) is 20.8. The summed E-state index contributed by atoms with van der Waals surface area (Å²) in [4.78, 5) is 16.4. The number of hydrogen-bond donors (Lipinski definition) is 1. The molecule has 0 aromatic heterocycles. The SMILES string of the molecule is O=C(N1CCC(C(F)(F)F)CC1)N1CCOc2ccc(-c3ccc(/C4=C/C=C/CCCN4)cc3)cc2C1. The van der Waals surface area contributed by atoms with E-state index in [4.69, 9.17) is 4.74 Å². The van der Waals surface area contributed by atoms with Gasteiger partial charge >= 0.3 is 12.2 Å². The molecule has 0 aliphatic carbocycles. The first-order valence-corrected chi connectivity index (χ1v) is 13.0. The smallest absolute Gasteiger partial charge is 0.391 e. The van der Waals surface area contributed by atoms with Crippen LogP contribution in [0.25, 0.3) is 16.8 Å². The third-order valence-electron chi connectivity index (χ3n) is 7.33. The van der Waals surface area contributed by atoms with Crippen LogP contribution in [0.1, 0.15) is 36.8 Å². The molecule has 0 unspecified atom stereocenters. The molecule has 196 valence electrons. The van der Waals surface area contributed by atoms with E-state index in [0.717, 1.165) is 53.1 Å². The van der Waals surface area contributed by atoms with Crippen molar-refractivity contribution >= 4 is 11.7 Å². The molecule has 0 radical (unpaired) electrons. The third kappa shape index (κ3) is 5.95. The van der Waals surface area contributed by atoms with E-state index in [9.17, 15) is 18.0 Å². The van der Waals surface area contributed by atoms with Crippen LogP contribution in [0.15, 0.2) is 60.7 Å². The summed E-state index contributed by atoms with van der Waals surface area (Å²) < 4.78 is 45.0. The highest BCUT2D eigenvalue weighted by Gasteiger charge is 2.42. The van der Waals surface area contributed by atoms with Crippen LogP contribution in [-0.4, -0.2) is 54.8 Å². The number of benzene rings is 2. The Kier molecular flexibility index (Phi) is 7.44. The predicted molar refractivity (Wildman–Crippen MR) is 138 cm³/mol. The van der Waals surface area contributed by atoms with E-state index in [1.807, 2.05) is 18.2 Å². The van der Waals surface area contributed by atoms with E-state index in [2.05, 4.69) is 47.8 Å². The number of rotatable bonds is 2. The lowest BCUT2D eigenvalue weighted by Crippen LogP contribution is -2.48. The highest BCUT2D eigenvalue weighted by atomic mass is 19.4. The maximum absolute atomic E-state index is 13.2. The van der Waals surface area contributed by atoms with Crippen LogP contribution in [0.4, 0.5) is 18.0 Å². The minimum Gasteiger partial charge on any atom is -0.491 e. The van der Waals surface area contributed by atoms with E-state index in [1.54, 1.807) is 9.80 Å². The average molecular weight is 512 g/mol. The van der Waals surface area contributed by atoms with Crippen molar-refractivity contribution in [1.82, 2.24) is 15.1 Å². The number of amides is 2. The summed E-state index contributed by atoms with van der Waals surface area (Å²) in [5.41, 5.74) is 5.21. The highest BCUT2D eigenvalue weighted by molar-refractivity contribution is 5.75. The summed E-state index contributed by atoms with van der Waals surface area (Å²) >= 11 is 0. The molecular formula is C29H32F3N3O2. The lowest BCUT2D eigenvalue weighted by atomic mass is 9.96. The van der Waals surface area contributed by atoms with Crippen molar-refractivity contribution in [3.63, 3.8) is 0 Å². The zero-order chi connectivity index (χ0) is 25.8. The van der Waals surface area contributed by atoms with Gasteiger partial charge in [-0.25, -0.2) is 4.79 Å². The molecule has 37 heavy (non-hydrogen) atoms. The first-order valence-electron chi connectivity index (χ1n) is 13.0. The Balaban J connectivity index is 1.29. The number of nitrogens with zero attached hydrogens (tertiary/aromatic N) is 2. The molecule has 0 saturated carbocycles. The summed E-state index contributed by atoms with van der Waals surface area (Å²) in [6.07, 6.45) is 4.28. The van der Waals surface area contributed by atoms with Gasteiger partial charge in [0.25, 0.3) is 0 Å². The Morgan fingerprint density at radius 3 is 2.43 bits per heavy atom. The van der Waals surface area contributed by atoms with Crippen LogP contribution in [-0.2, 0) is 6.54 Å². The standard InChI is InChI=1S/C29H32F3N3O2/c30-29(31,32)25-12-15-34(16-13-25)28(36)35-17-18-37-27-11-10-23(19-24(27)20-35)21-6-8-22(9-7-21)26-5-3-1-2-4-14-33-26/h1,3,5-11,19,25,33H,2,4,12-18,20H2/b3-1+,26-5-. The molecule has 1 fully saturated rings. The highest BCUT2D eigenvalue weighted by Crippen LogP contribution is 2.35. The number of carbonyl (C=O) groups excluding carboxylic acids is 1. The number of urea groups is 1. The summed E-state index contributed by atoms with van der Waals surface area (Å²) in [6.45, 7) is 2.30. The van der Waals surface area contributed by atoms with E-state index >= 15 is 0 Å². The largest absolute Gasteiger partial charge is 0.491 e. The molecule has 1 N–H and O–H groups in total. The number of carbonyl (C=O) groups is 1. The van der Waals surface area contributed by atoms with Gasteiger partial charge in [0.2, 0.25) is 0 Å². The van der Waals surface area contributed by atoms with E-state index < -0.39 is 12.1 Å². The summed E-state index contributed by atoms with van der Waals surface area (Å²) in [5.74, 6) is -0.587. The van der Waals surface area contributed by atoms with Crippen molar-refractivity contribution in [1.29, 1.82) is 0 Å². The average Bonchev–Trinajstić information content (AvgIpc) is 3.10. The van der Waals surface area contributed by atoms with Gasteiger partial charge in [0.05, 0.1) is 19.0 Å². The molecule has 2 aromatic carbocycles. The monoisotopic (exact) mass is 511 g/mol. The van der Waals surface area contributed by atoms with E-state index in [1.165, 1.54) is 0 Å². The van der Waals surface area contributed by atoms with Crippen LogP contribution < -0.4 is 10.1 Å². The number of hydrogen-bond acceptors (Lipinski definition) is 3. The first kappa shape index (κ1) is 25.2. The second-order valence-electron chi connectivity index (χ2n) is 9.83. The first-order chi connectivity index (χ1) is 17.9. The lowest BCUT2D eigenvalue weighted by Gasteiger charge is -2.35. The number of alkyl halides is 3. The molecule has 2 amide bonds. The van der Waals surface area contributed by atoms with Gasteiger partial charge in [0, 0.05) is 30.9 Å². The summed E-state index contributed by atoms with van der Waals surface area (Å²) in [6, 6.07) is 14.2. The molecule has 0 atom stereocenters. The molecule has 3 heterocycles. The second-order valence-corrected chi connectivity index (χ2v) is 9.83. The Morgan fingerprint density at radius 1 is 0.946 bits per heavy atom. The minimum absolute atomic E-state index is 0.0426. The normalized spacial score (nSPS) is 21.3. The molecular weight excluding hydrogens is 479 g/mol. The fourth-order valence-corrected chi connectivity index (χ4v) is 5.14. The molecule has 2 aromatic rings. The van der Waals surface area contributed by atoms with Gasteiger partial charge in [-0.1, -0.05) is 42.5 Å². The maximum atomic E-state index is 13.2. The Hall–Kier alpha value is -3.42. The Labute approximate surface area is 215 Å². The molecule has 0 bridgehead atoms. The molecule has 5 nitrogen and oxygen atoms in total. The van der Waals surface area contributed by atoms with Gasteiger partial charge in [0.15, 0.2) is 0 Å². The molecule has 8 heteroatoms. The molecule has 3 aliphatic rings. The third-order valence-corrected chi connectivity index (χ3v) is 7.33.